The summed E-state index contributed by atoms with van der Waals surface area (Å²) in [4.78, 5) is 2.68. The van der Waals surface area contributed by atoms with Crippen molar-refractivity contribution in [3.8, 4) is 10.4 Å². The van der Waals surface area contributed by atoms with Crippen LogP contribution in [0.5, 0.6) is 0 Å². The molecule has 0 saturated heterocycles. The number of aromatic nitrogens is 2. The van der Waals surface area contributed by atoms with Gasteiger partial charge >= 0.3 is 0 Å². The van der Waals surface area contributed by atoms with E-state index in [0.717, 1.165) is 0 Å². The zero-order chi connectivity index (χ0) is 12.4. The van der Waals surface area contributed by atoms with Crippen LogP contribution in [-0.2, 0) is 7.05 Å². The summed E-state index contributed by atoms with van der Waals surface area (Å²) < 4.78 is 1.84. The van der Waals surface area contributed by atoms with Crippen LogP contribution in [0.4, 0.5) is 0 Å². The van der Waals surface area contributed by atoms with Gasteiger partial charge in [-0.1, -0.05) is 13.8 Å². The SMILES string of the molecule is CNC(c1ccc(-c2cnn(C)c2)s1)C(C)C. The van der Waals surface area contributed by atoms with E-state index in [2.05, 4.69) is 42.6 Å². The summed E-state index contributed by atoms with van der Waals surface area (Å²) >= 11 is 1.84. The Balaban J connectivity index is 2.26. The quantitative estimate of drug-likeness (QED) is 0.902. The summed E-state index contributed by atoms with van der Waals surface area (Å²) in [5.41, 5.74) is 1.20. The van der Waals surface area contributed by atoms with Crippen molar-refractivity contribution in [3.05, 3.63) is 29.4 Å². The van der Waals surface area contributed by atoms with Crippen LogP contribution in [0.3, 0.4) is 0 Å². The first kappa shape index (κ1) is 12.3. The first-order chi connectivity index (χ1) is 8.11. The Morgan fingerprint density at radius 1 is 1.35 bits per heavy atom. The fraction of sp³-hybridized carbons (Fsp3) is 0.462. The summed E-state index contributed by atoms with van der Waals surface area (Å²) in [5.74, 6) is 0.598. The summed E-state index contributed by atoms with van der Waals surface area (Å²) in [6.45, 7) is 4.48. The van der Waals surface area contributed by atoms with Crippen molar-refractivity contribution in [2.24, 2.45) is 13.0 Å². The molecule has 2 heterocycles. The second-order valence-electron chi connectivity index (χ2n) is 4.62. The molecule has 4 heteroatoms. The van der Waals surface area contributed by atoms with E-state index >= 15 is 0 Å². The Labute approximate surface area is 106 Å². The molecule has 92 valence electrons. The topological polar surface area (TPSA) is 29.9 Å². The highest BCUT2D eigenvalue weighted by molar-refractivity contribution is 7.15. The first-order valence-corrected chi connectivity index (χ1v) is 6.69. The number of rotatable bonds is 4. The van der Waals surface area contributed by atoms with Gasteiger partial charge in [0.2, 0.25) is 0 Å². The monoisotopic (exact) mass is 249 g/mol. The fourth-order valence-electron chi connectivity index (χ4n) is 2.03. The highest BCUT2D eigenvalue weighted by Gasteiger charge is 2.16. The molecule has 0 amide bonds. The van der Waals surface area contributed by atoms with Gasteiger partial charge < -0.3 is 5.32 Å². The first-order valence-electron chi connectivity index (χ1n) is 5.88. The Morgan fingerprint density at radius 2 is 2.12 bits per heavy atom. The molecule has 0 aliphatic heterocycles. The van der Waals surface area contributed by atoms with Gasteiger partial charge in [0.1, 0.15) is 0 Å². The maximum absolute atomic E-state index is 4.21. The van der Waals surface area contributed by atoms with Gasteiger partial charge in [-0.3, -0.25) is 4.68 Å². The van der Waals surface area contributed by atoms with Crippen molar-refractivity contribution < 1.29 is 0 Å². The zero-order valence-electron chi connectivity index (χ0n) is 10.8. The molecular formula is C13H19N3S. The van der Waals surface area contributed by atoms with Crippen LogP contribution in [0.2, 0.25) is 0 Å². The van der Waals surface area contributed by atoms with Crippen molar-refractivity contribution in [2.45, 2.75) is 19.9 Å². The number of aryl methyl sites for hydroxylation is 1. The van der Waals surface area contributed by atoms with Crippen molar-refractivity contribution in [1.29, 1.82) is 0 Å². The van der Waals surface area contributed by atoms with Crippen molar-refractivity contribution in [2.75, 3.05) is 7.05 Å². The minimum absolute atomic E-state index is 0.436. The van der Waals surface area contributed by atoms with Gasteiger partial charge in [-0.05, 0) is 25.1 Å². The summed E-state index contributed by atoms with van der Waals surface area (Å²) in [7, 11) is 3.97. The van der Waals surface area contributed by atoms with Gasteiger partial charge in [0.05, 0.1) is 6.20 Å². The minimum Gasteiger partial charge on any atom is -0.312 e. The molecule has 2 rings (SSSR count). The van der Waals surface area contributed by atoms with Crippen molar-refractivity contribution >= 4 is 11.3 Å². The molecule has 0 radical (unpaired) electrons. The van der Waals surface area contributed by atoms with Crippen molar-refractivity contribution in [3.63, 3.8) is 0 Å². The van der Waals surface area contributed by atoms with E-state index in [1.807, 2.05) is 36.3 Å². The lowest BCUT2D eigenvalue weighted by atomic mass is 10.0. The number of nitrogens with one attached hydrogen (secondary N) is 1. The van der Waals surface area contributed by atoms with E-state index in [0.29, 0.717) is 12.0 Å². The number of hydrogen-bond donors (Lipinski definition) is 1. The summed E-state index contributed by atoms with van der Waals surface area (Å²) in [5, 5.41) is 7.59. The fourth-order valence-corrected chi connectivity index (χ4v) is 3.29. The Kier molecular flexibility index (Phi) is 3.64. The normalized spacial score (nSPS) is 13.2. The standard InChI is InChI=1S/C13H19N3S/c1-9(2)13(14-3)12-6-5-11(17-12)10-7-15-16(4)8-10/h5-9,13-14H,1-4H3. The molecule has 2 aromatic rings. The molecule has 1 unspecified atom stereocenters. The highest BCUT2D eigenvalue weighted by atomic mass is 32.1. The number of nitrogens with zero attached hydrogens (tertiary/aromatic N) is 2. The summed E-state index contributed by atoms with van der Waals surface area (Å²) in [6.07, 6.45) is 3.97. The van der Waals surface area contributed by atoms with Gasteiger partial charge in [0, 0.05) is 34.6 Å². The predicted molar refractivity (Wildman–Crippen MR) is 73.2 cm³/mol. The lowest BCUT2D eigenvalue weighted by Crippen LogP contribution is -2.20. The van der Waals surface area contributed by atoms with Gasteiger partial charge in [-0.15, -0.1) is 11.3 Å². The maximum atomic E-state index is 4.21. The van der Waals surface area contributed by atoms with Crippen LogP contribution in [0, 0.1) is 5.92 Å². The van der Waals surface area contributed by atoms with Crippen LogP contribution >= 0.6 is 11.3 Å². The molecule has 0 aliphatic rings. The Morgan fingerprint density at radius 3 is 2.65 bits per heavy atom. The average molecular weight is 249 g/mol. The molecule has 0 aliphatic carbocycles. The Bertz CT molecular complexity index is 484. The van der Waals surface area contributed by atoms with Gasteiger partial charge in [0.25, 0.3) is 0 Å². The molecule has 17 heavy (non-hydrogen) atoms. The van der Waals surface area contributed by atoms with E-state index in [1.54, 1.807) is 0 Å². The van der Waals surface area contributed by atoms with Crippen LogP contribution < -0.4 is 5.32 Å². The lowest BCUT2D eigenvalue weighted by molar-refractivity contribution is 0.449. The molecule has 0 aromatic carbocycles. The smallest absolute Gasteiger partial charge is 0.0576 e. The molecule has 1 N–H and O–H groups in total. The second-order valence-corrected chi connectivity index (χ2v) is 5.73. The van der Waals surface area contributed by atoms with E-state index in [9.17, 15) is 0 Å². The molecule has 2 aromatic heterocycles. The largest absolute Gasteiger partial charge is 0.312 e. The molecule has 0 spiro atoms. The van der Waals surface area contributed by atoms with Gasteiger partial charge in [0.15, 0.2) is 0 Å². The third-order valence-corrected chi connectivity index (χ3v) is 4.12. The van der Waals surface area contributed by atoms with Crippen LogP contribution in [0.15, 0.2) is 24.5 Å². The van der Waals surface area contributed by atoms with E-state index in [1.165, 1.54) is 15.3 Å². The molecule has 0 bridgehead atoms. The highest BCUT2D eigenvalue weighted by Crippen LogP contribution is 2.33. The van der Waals surface area contributed by atoms with E-state index in [4.69, 9.17) is 0 Å². The molecule has 0 fully saturated rings. The van der Waals surface area contributed by atoms with E-state index < -0.39 is 0 Å². The zero-order valence-corrected chi connectivity index (χ0v) is 11.6. The van der Waals surface area contributed by atoms with E-state index in [-0.39, 0.29) is 0 Å². The van der Waals surface area contributed by atoms with Crippen molar-refractivity contribution in [1.82, 2.24) is 15.1 Å². The molecule has 3 nitrogen and oxygen atoms in total. The predicted octanol–water partition coefficient (Wildman–Crippen LogP) is 3.07. The average Bonchev–Trinajstić information content (AvgIpc) is 2.87. The lowest BCUT2D eigenvalue weighted by Gasteiger charge is -2.18. The van der Waals surface area contributed by atoms with Crippen LogP contribution in [0.25, 0.3) is 10.4 Å². The number of hydrogen-bond acceptors (Lipinski definition) is 3. The third-order valence-electron chi connectivity index (χ3n) is 2.90. The van der Waals surface area contributed by atoms with Gasteiger partial charge in [-0.25, -0.2) is 0 Å². The van der Waals surface area contributed by atoms with Crippen LogP contribution in [0.1, 0.15) is 24.8 Å². The molecular weight excluding hydrogens is 230 g/mol. The number of thiophene rings is 1. The van der Waals surface area contributed by atoms with Gasteiger partial charge in [-0.2, -0.15) is 5.10 Å². The van der Waals surface area contributed by atoms with Crippen LogP contribution in [-0.4, -0.2) is 16.8 Å². The summed E-state index contributed by atoms with van der Waals surface area (Å²) in [6, 6.07) is 4.84. The molecule has 1 atom stereocenters. The third kappa shape index (κ3) is 2.58. The maximum Gasteiger partial charge on any atom is 0.0576 e. The second kappa shape index (κ2) is 5.02. The molecule has 0 saturated carbocycles. The minimum atomic E-state index is 0.436. The Hall–Kier alpha value is -1.13.